The Morgan fingerprint density at radius 3 is 2.19 bits per heavy atom. The summed E-state index contributed by atoms with van der Waals surface area (Å²) in [5.41, 5.74) is 0.911. The summed E-state index contributed by atoms with van der Waals surface area (Å²) in [6, 6.07) is 7.92. The van der Waals surface area contributed by atoms with Crippen LogP contribution in [0.5, 0.6) is 5.75 Å². The van der Waals surface area contributed by atoms with Gasteiger partial charge in [0.2, 0.25) is 0 Å². The molecule has 0 spiro atoms. The van der Waals surface area contributed by atoms with Crippen molar-refractivity contribution in [3.63, 3.8) is 0 Å². The summed E-state index contributed by atoms with van der Waals surface area (Å²) >= 11 is 0. The lowest BCUT2D eigenvalue weighted by Gasteiger charge is -2.10. The predicted octanol–water partition coefficient (Wildman–Crippen LogP) is 3.42. The topological polar surface area (TPSA) is 71.5 Å². The minimum Gasteiger partial charge on any atom is -0.477 e. The number of pyridine rings is 1. The van der Waals surface area contributed by atoms with Crippen molar-refractivity contribution in [1.29, 1.82) is 0 Å². The summed E-state index contributed by atoms with van der Waals surface area (Å²) in [5, 5.41) is 11.6. The van der Waals surface area contributed by atoms with Crippen molar-refractivity contribution in [3.05, 3.63) is 48.3 Å². The van der Waals surface area contributed by atoms with Gasteiger partial charge in [0.05, 0.1) is 11.9 Å². The van der Waals surface area contributed by atoms with Gasteiger partial charge in [0, 0.05) is 5.69 Å². The SMILES string of the molecule is O=C(O)c1ccc(Nc2ccc(OC(F)(F)F)cc2)cn1. The third kappa shape index (κ3) is 4.37. The maximum atomic E-state index is 12.0. The molecule has 1 aromatic carbocycles. The number of carboxylic acid groups (broad SMARTS) is 1. The minimum absolute atomic E-state index is 0.102. The van der Waals surface area contributed by atoms with Gasteiger partial charge in [-0.25, -0.2) is 9.78 Å². The normalized spacial score (nSPS) is 11.0. The van der Waals surface area contributed by atoms with Gasteiger partial charge in [-0.3, -0.25) is 0 Å². The number of anilines is 2. The molecule has 8 heteroatoms. The number of hydrogen-bond acceptors (Lipinski definition) is 4. The molecule has 1 heterocycles. The quantitative estimate of drug-likeness (QED) is 0.905. The number of rotatable bonds is 4. The molecule has 2 rings (SSSR count). The fourth-order valence-electron chi connectivity index (χ4n) is 1.50. The van der Waals surface area contributed by atoms with Gasteiger partial charge in [-0.15, -0.1) is 13.2 Å². The second-order valence-corrected chi connectivity index (χ2v) is 3.93. The van der Waals surface area contributed by atoms with E-state index in [1.54, 1.807) is 0 Å². The molecule has 0 amide bonds. The fraction of sp³-hybridized carbons (Fsp3) is 0.0769. The van der Waals surface area contributed by atoms with Crippen LogP contribution in [0.3, 0.4) is 0 Å². The first-order valence-electron chi connectivity index (χ1n) is 5.66. The van der Waals surface area contributed by atoms with Gasteiger partial charge in [0.15, 0.2) is 0 Å². The maximum absolute atomic E-state index is 12.0. The zero-order chi connectivity index (χ0) is 15.5. The smallest absolute Gasteiger partial charge is 0.477 e. The molecule has 0 atom stereocenters. The van der Waals surface area contributed by atoms with Gasteiger partial charge in [-0.2, -0.15) is 0 Å². The van der Waals surface area contributed by atoms with E-state index in [4.69, 9.17) is 5.11 Å². The van der Waals surface area contributed by atoms with Gasteiger partial charge in [-0.05, 0) is 36.4 Å². The van der Waals surface area contributed by atoms with Crippen molar-refractivity contribution < 1.29 is 27.8 Å². The van der Waals surface area contributed by atoms with Crippen LogP contribution in [0.25, 0.3) is 0 Å². The molecule has 0 aliphatic carbocycles. The number of carboxylic acids is 1. The Balaban J connectivity index is 2.04. The summed E-state index contributed by atoms with van der Waals surface area (Å²) in [6.45, 7) is 0. The van der Waals surface area contributed by atoms with Crippen molar-refractivity contribution in [2.24, 2.45) is 0 Å². The van der Waals surface area contributed by atoms with Crippen LogP contribution in [0.15, 0.2) is 42.6 Å². The van der Waals surface area contributed by atoms with Crippen LogP contribution in [0, 0.1) is 0 Å². The van der Waals surface area contributed by atoms with Gasteiger partial charge >= 0.3 is 12.3 Å². The van der Waals surface area contributed by atoms with Crippen molar-refractivity contribution >= 4 is 17.3 Å². The number of aromatic nitrogens is 1. The maximum Gasteiger partial charge on any atom is 0.573 e. The van der Waals surface area contributed by atoms with E-state index in [0.29, 0.717) is 11.4 Å². The van der Waals surface area contributed by atoms with Crippen LogP contribution in [0.4, 0.5) is 24.5 Å². The molecule has 2 N–H and O–H groups in total. The summed E-state index contributed by atoms with van der Waals surface area (Å²) in [5.74, 6) is -1.47. The van der Waals surface area contributed by atoms with Crippen molar-refractivity contribution in [3.8, 4) is 5.75 Å². The monoisotopic (exact) mass is 298 g/mol. The van der Waals surface area contributed by atoms with E-state index in [0.717, 1.165) is 12.1 Å². The first-order valence-corrected chi connectivity index (χ1v) is 5.66. The molecule has 0 radical (unpaired) electrons. The first kappa shape index (κ1) is 14.6. The molecule has 0 saturated carbocycles. The van der Waals surface area contributed by atoms with Crippen LogP contribution >= 0.6 is 0 Å². The third-order valence-corrected chi connectivity index (χ3v) is 2.36. The average Bonchev–Trinajstić information content (AvgIpc) is 2.40. The Bertz CT molecular complexity index is 625. The molecule has 5 nitrogen and oxygen atoms in total. The van der Waals surface area contributed by atoms with E-state index in [1.165, 1.54) is 30.5 Å². The average molecular weight is 298 g/mol. The van der Waals surface area contributed by atoms with Gasteiger partial charge in [-0.1, -0.05) is 0 Å². The highest BCUT2D eigenvalue weighted by molar-refractivity contribution is 5.85. The number of aromatic carboxylic acids is 1. The molecule has 0 aliphatic rings. The number of ether oxygens (including phenoxy) is 1. The number of alkyl halides is 3. The molecule has 0 aliphatic heterocycles. The fourth-order valence-corrected chi connectivity index (χ4v) is 1.50. The molecule has 0 bridgehead atoms. The Morgan fingerprint density at radius 1 is 1.10 bits per heavy atom. The highest BCUT2D eigenvalue weighted by atomic mass is 19.4. The third-order valence-electron chi connectivity index (χ3n) is 2.36. The zero-order valence-electron chi connectivity index (χ0n) is 10.4. The van der Waals surface area contributed by atoms with Crippen molar-refractivity contribution in [1.82, 2.24) is 4.98 Å². The Labute approximate surface area is 117 Å². The second kappa shape index (κ2) is 5.70. The molecule has 110 valence electrons. The lowest BCUT2D eigenvalue weighted by atomic mass is 10.3. The van der Waals surface area contributed by atoms with Crippen LogP contribution in [0.1, 0.15) is 10.5 Å². The summed E-state index contributed by atoms with van der Waals surface area (Å²) in [4.78, 5) is 14.3. The number of benzene rings is 1. The molecule has 21 heavy (non-hydrogen) atoms. The molecule has 0 fully saturated rings. The van der Waals surface area contributed by atoms with E-state index < -0.39 is 12.3 Å². The standard InChI is InChI=1S/C13H9F3N2O3/c14-13(15,16)21-10-4-1-8(2-5-10)18-9-3-6-11(12(19)20)17-7-9/h1-7,18H,(H,19,20). The summed E-state index contributed by atoms with van der Waals surface area (Å²) in [7, 11) is 0. The number of nitrogens with one attached hydrogen (secondary N) is 1. The van der Waals surface area contributed by atoms with Gasteiger partial charge in [0.25, 0.3) is 0 Å². The second-order valence-electron chi connectivity index (χ2n) is 3.93. The molecule has 2 aromatic rings. The molecule has 1 aromatic heterocycles. The Kier molecular flexibility index (Phi) is 3.97. The number of hydrogen-bond donors (Lipinski definition) is 2. The van der Waals surface area contributed by atoms with Crippen LogP contribution in [-0.2, 0) is 0 Å². The summed E-state index contributed by atoms with van der Waals surface area (Å²) in [6.07, 6.45) is -3.42. The van der Waals surface area contributed by atoms with Crippen LogP contribution < -0.4 is 10.1 Å². The van der Waals surface area contributed by atoms with E-state index in [-0.39, 0.29) is 11.4 Å². The summed E-state index contributed by atoms with van der Waals surface area (Å²) < 4.78 is 39.7. The van der Waals surface area contributed by atoms with Crippen molar-refractivity contribution in [2.75, 3.05) is 5.32 Å². The molecular formula is C13H9F3N2O3. The van der Waals surface area contributed by atoms with E-state index in [2.05, 4.69) is 15.0 Å². The Hall–Kier alpha value is -2.77. The van der Waals surface area contributed by atoms with E-state index in [9.17, 15) is 18.0 Å². The molecule has 0 saturated heterocycles. The zero-order valence-corrected chi connectivity index (χ0v) is 10.4. The first-order chi connectivity index (χ1) is 9.83. The highest BCUT2D eigenvalue weighted by Crippen LogP contribution is 2.25. The largest absolute Gasteiger partial charge is 0.573 e. The van der Waals surface area contributed by atoms with Crippen molar-refractivity contribution in [2.45, 2.75) is 6.36 Å². The van der Waals surface area contributed by atoms with Gasteiger partial charge in [0.1, 0.15) is 11.4 Å². The number of nitrogens with zero attached hydrogens (tertiary/aromatic N) is 1. The molecular weight excluding hydrogens is 289 g/mol. The van der Waals surface area contributed by atoms with Crippen LogP contribution in [0.2, 0.25) is 0 Å². The lowest BCUT2D eigenvalue weighted by molar-refractivity contribution is -0.274. The number of halogens is 3. The van der Waals surface area contributed by atoms with Gasteiger partial charge < -0.3 is 15.2 Å². The number of carbonyl (C=O) groups is 1. The van der Waals surface area contributed by atoms with E-state index in [1.807, 2.05) is 0 Å². The highest BCUT2D eigenvalue weighted by Gasteiger charge is 2.30. The predicted molar refractivity (Wildman–Crippen MR) is 67.6 cm³/mol. The Morgan fingerprint density at radius 2 is 1.71 bits per heavy atom. The van der Waals surface area contributed by atoms with Crippen LogP contribution in [-0.4, -0.2) is 22.4 Å². The lowest BCUT2D eigenvalue weighted by Crippen LogP contribution is -2.16. The van der Waals surface area contributed by atoms with E-state index >= 15 is 0 Å². The molecule has 0 unspecified atom stereocenters. The minimum atomic E-state index is -4.73.